The van der Waals surface area contributed by atoms with Crippen molar-refractivity contribution in [2.24, 2.45) is 5.73 Å². The minimum absolute atomic E-state index is 0.0332. The highest BCUT2D eigenvalue weighted by atomic mass is 16.5. The molecule has 0 unspecified atom stereocenters. The van der Waals surface area contributed by atoms with Gasteiger partial charge in [0.05, 0.1) is 5.52 Å². The molecule has 1 atom stereocenters. The van der Waals surface area contributed by atoms with Crippen molar-refractivity contribution >= 4 is 10.9 Å². The van der Waals surface area contributed by atoms with E-state index in [1.54, 1.807) is 6.20 Å². The van der Waals surface area contributed by atoms with Crippen LogP contribution in [0.2, 0.25) is 0 Å². The number of nitrogens with zero attached hydrogens (tertiary/aromatic N) is 1. The summed E-state index contributed by atoms with van der Waals surface area (Å²) >= 11 is 0. The van der Waals surface area contributed by atoms with Crippen LogP contribution in [0.15, 0.2) is 60.8 Å². The molecule has 3 heteroatoms. The Bertz CT molecular complexity index is 715. The van der Waals surface area contributed by atoms with E-state index in [1.807, 2.05) is 61.5 Å². The SMILES string of the molecule is C[C@H](N)c1ccc(Oc2cccc3ncccc23)cc1. The molecule has 100 valence electrons. The largest absolute Gasteiger partial charge is 0.457 e. The second-order valence-electron chi connectivity index (χ2n) is 4.79. The first kappa shape index (κ1) is 12.6. The van der Waals surface area contributed by atoms with Crippen molar-refractivity contribution in [3.63, 3.8) is 0 Å². The molecule has 0 saturated carbocycles. The molecule has 0 fully saturated rings. The highest BCUT2D eigenvalue weighted by Gasteiger charge is 2.04. The molecule has 0 bridgehead atoms. The number of benzene rings is 2. The summed E-state index contributed by atoms with van der Waals surface area (Å²) in [5.41, 5.74) is 7.86. The quantitative estimate of drug-likeness (QED) is 0.776. The minimum atomic E-state index is 0.0332. The summed E-state index contributed by atoms with van der Waals surface area (Å²) in [6.07, 6.45) is 1.78. The van der Waals surface area contributed by atoms with Crippen LogP contribution >= 0.6 is 0 Å². The van der Waals surface area contributed by atoms with Crippen molar-refractivity contribution in [2.75, 3.05) is 0 Å². The van der Waals surface area contributed by atoms with Crippen molar-refractivity contribution in [2.45, 2.75) is 13.0 Å². The molecule has 20 heavy (non-hydrogen) atoms. The molecule has 0 aliphatic rings. The molecule has 2 aromatic carbocycles. The summed E-state index contributed by atoms with van der Waals surface area (Å²) in [5, 5.41) is 1.01. The van der Waals surface area contributed by atoms with E-state index >= 15 is 0 Å². The third-order valence-electron chi connectivity index (χ3n) is 3.24. The van der Waals surface area contributed by atoms with Crippen LogP contribution in [0.3, 0.4) is 0 Å². The first-order valence-electron chi connectivity index (χ1n) is 6.61. The molecule has 3 rings (SSSR count). The molecule has 3 aromatic rings. The zero-order chi connectivity index (χ0) is 13.9. The Labute approximate surface area is 118 Å². The molecule has 0 amide bonds. The fourth-order valence-electron chi connectivity index (χ4n) is 2.13. The minimum Gasteiger partial charge on any atom is -0.457 e. The Balaban J connectivity index is 1.93. The van der Waals surface area contributed by atoms with E-state index in [1.165, 1.54) is 0 Å². The van der Waals surface area contributed by atoms with Gasteiger partial charge in [-0.2, -0.15) is 0 Å². The zero-order valence-corrected chi connectivity index (χ0v) is 11.3. The molecule has 1 heterocycles. The molecule has 0 radical (unpaired) electrons. The molecule has 0 saturated heterocycles. The average molecular weight is 264 g/mol. The average Bonchev–Trinajstić information content (AvgIpc) is 2.48. The summed E-state index contributed by atoms with van der Waals surface area (Å²) in [5.74, 6) is 1.61. The van der Waals surface area contributed by atoms with Gasteiger partial charge in [0.15, 0.2) is 0 Å². The van der Waals surface area contributed by atoms with Gasteiger partial charge >= 0.3 is 0 Å². The first-order valence-corrected chi connectivity index (χ1v) is 6.61. The van der Waals surface area contributed by atoms with E-state index in [4.69, 9.17) is 10.5 Å². The van der Waals surface area contributed by atoms with Crippen LogP contribution in [-0.4, -0.2) is 4.98 Å². The number of pyridine rings is 1. The number of hydrogen-bond acceptors (Lipinski definition) is 3. The standard InChI is InChI=1S/C17H16N2O/c1-12(18)13-7-9-14(10-8-13)20-17-6-2-5-16-15(17)4-3-11-19-16/h2-12H,18H2,1H3/t12-/m0/s1. The van der Waals surface area contributed by atoms with Gasteiger partial charge in [-0.05, 0) is 48.9 Å². The predicted molar refractivity (Wildman–Crippen MR) is 80.9 cm³/mol. The zero-order valence-electron chi connectivity index (χ0n) is 11.3. The lowest BCUT2D eigenvalue weighted by molar-refractivity contribution is 0.488. The number of ether oxygens (including phenoxy) is 1. The fourth-order valence-corrected chi connectivity index (χ4v) is 2.13. The summed E-state index contributed by atoms with van der Waals surface area (Å²) in [6.45, 7) is 1.96. The van der Waals surface area contributed by atoms with Gasteiger partial charge in [0.1, 0.15) is 11.5 Å². The number of nitrogens with two attached hydrogens (primary N) is 1. The molecule has 0 aliphatic heterocycles. The highest BCUT2D eigenvalue weighted by molar-refractivity contribution is 5.85. The maximum absolute atomic E-state index is 5.95. The van der Waals surface area contributed by atoms with Gasteiger partial charge in [0, 0.05) is 17.6 Å². The Hall–Kier alpha value is -2.39. The molecule has 1 aromatic heterocycles. The number of fused-ring (bicyclic) bond motifs is 1. The van der Waals surface area contributed by atoms with Crippen LogP contribution < -0.4 is 10.5 Å². The lowest BCUT2D eigenvalue weighted by Gasteiger charge is -2.10. The van der Waals surface area contributed by atoms with Crippen molar-refractivity contribution in [3.05, 3.63) is 66.4 Å². The molecule has 2 N–H and O–H groups in total. The van der Waals surface area contributed by atoms with Gasteiger partial charge in [-0.3, -0.25) is 4.98 Å². The normalized spacial score (nSPS) is 12.3. The summed E-state index contributed by atoms with van der Waals surface area (Å²) in [4.78, 5) is 4.32. The molecule has 0 aliphatic carbocycles. The Morgan fingerprint density at radius 3 is 2.55 bits per heavy atom. The molecule has 3 nitrogen and oxygen atoms in total. The topological polar surface area (TPSA) is 48.1 Å². The third-order valence-corrected chi connectivity index (χ3v) is 3.24. The van der Waals surface area contributed by atoms with Gasteiger partial charge < -0.3 is 10.5 Å². The van der Waals surface area contributed by atoms with E-state index in [9.17, 15) is 0 Å². The first-order chi connectivity index (χ1) is 9.74. The molecular formula is C17H16N2O. The van der Waals surface area contributed by atoms with Crippen LogP contribution in [0.1, 0.15) is 18.5 Å². The lowest BCUT2D eigenvalue weighted by Crippen LogP contribution is -2.04. The van der Waals surface area contributed by atoms with E-state index in [-0.39, 0.29) is 6.04 Å². The highest BCUT2D eigenvalue weighted by Crippen LogP contribution is 2.29. The van der Waals surface area contributed by atoms with Crippen LogP contribution in [0.4, 0.5) is 0 Å². The van der Waals surface area contributed by atoms with Gasteiger partial charge in [-0.15, -0.1) is 0 Å². The number of hydrogen-bond donors (Lipinski definition) is 1. The monoisotopic (exact) mass is 264 g/mol. The number of aromatic nitrogens is 1. The van der Waals surface area contributed by atoms with Crippen LogP contribution in [0.25, 0.3) is 10.9 Å². The van der Waals surface area contributed by atoms with E-state index in [0.717, 1.165) is 28.0 Å². The van der Waals surface area contributed by atoms with E-state index < -0.39 is 0 Å². The molecule has 0 spiro atoms. The van der Waals surface area contributed by atoms with Crippen LogP contribution in [0.5, 0.6) is 11.5 Å². The van der Waals surface area contributed by atoms with E-state index in [2.05, 4.69) is 4.98 Å². The predicted octanol–water partition coefficient (Wildman–Crippen LogP) is 4.05. The summed E-state index contributed by atoms with van der Waals surface area (Å²) in [6, 6.07) is 17.7. The van der Waals surface area contributed by atoms with Crippen molar-refractivity contribution < 1.29 is 4.74 Å². The van der Waals surface area contributed by atoms with Crippen molar-refractivity contribution in [1.82, 2.24) is 4.98 Å². The molecular weight excluding hydrogens is 248 g/mol. The van der Waals surface area contributed by atoms with Gasteiger partial charge in [-0.1, -0.05) is 18.2 Å². The fraction of sp³-hybridized carbons (Fsp3) is 0.118. The lowest BCUT2D eigenvalue weighted by atomic mass is 10.1. The van der Waals surface area contributed by atoms with Crippen molar-refractivity contribution in [1.29, 1.82) is 0 Å². The Morgan fingerprint density at radius 2 is 1.80 bits per heavy atom. The second kappa shape index (κ2) is 5.31. The summed E-state index contributed by atoms with van der Waals surface area (Å²) in [7, 11) is 0. The van der Waals surface area contributed by atoms with Gasteiger partial charge in [0.25, 0.3) is 0 Å². The van der Waals surface area contributed by atoms with Crippen LogP contribution in [0, 0.1) is 0 Å². The maximum Gasteiger partial charge on any atom is 0.136 e. The second-order valence-corrected chi connectivity index (χ2v) is 4.79. The smallest absolute Gasteiger partial charge is 0.136 e. The number of rotatable bonds is 3. The maximum atomic E-state index is 5.95. The van der Waals surface area contributed by atoms with Crippen molar-refractivity contribution in [3.8, 4) is 11.5 Å². The Morgan fingerprint density at radius 1 is 1.00 bits per heavy atom. The van der Waals surface area contributed by atoms with Gasteiger partial charge in [0.2, 0.25) is 0 Å². The van der Waals surface area contributed by atoms with Crippen LogP contribution in [-0.2, 0) is 0 Å². The summed E-state index contributed by atoms with van der Waals surface area (Å²) < 4.78 is 5.95. The third kappa shape index (κ3) is 2.49. The van der Waals surface area contributed by atoms with E-state index in [0.29, 0.717) is 0 Å². The van der Waals surface area contributed by atoms with Gasteiger partial charge in [-0.25, -0.2) is 0 Å². The Kier molecular flexibility index (Phi) is 3.35.